The summed E-state index contributed by atoms with van der Waals surface area (Å²) >= 11 is 0. The van der Waals surface area contributed by atoms with Crippen LogP contribution in [0.2, 0.25) is 0 Å². The summed E-state index contributed by atoms with van der Waals surface area (Å²) in [5, 5.41) is 38.6. The predicted molar refractivity (Wildman–Crippen MR) is 163 cm³/mol. The molecule has 0 aromatic heterocycles. The largest absolute Gasteiger partial charge is 0.508 e. The van der Waals surface area contributed by atoms with Crippen molar-refractivity contribution in [2.45, 2.75) is 114 Å². The minimum atomic E-state index is -0.810. The summed E-state index contributed by atoms with van der Waals surface area (Å²) in [6.07, 6.45) is 10.9. The van der Waals surface area contributed by atoms with Crippen molar-refractivity contribution >= 4 is 11.8 Å². The van der Waals surface area contributed by atoms with Crippen molar-refractivity contribution in [3.05, 3.63) is 65.2 Å². The van der Waals surface area contributed by atoms with Crippen LogP contribution in [0.5, 0.6) is 5.75 Å². The normalized spacial score (nSPS) is 23.2. The molecule has 0 aliphatic heterocycles. The first-order chi connectivity index (χ1) is 20.4. The number of aromatic hydroxyl groups is 1. The van der Waals surface area contributed by atoms with E-state index in [2.05, 4.69) is 10.6 Å². The van der Waals surface area contributed by atoms with Crippen molar-refractivity contribution in [1.29, 1.82) is 0 Å². The molecule has 2 aromatic carbocycles. The van der Waals surface area contributed by atoms with E-state index in [0.29, 0.717) is 18.8 Å². The van der Waals surface area contributed by atoms with Gasteiger partial charge in [0.2, 0.25) is 11.8 Å². The van der Waals surface area contributed by atoms with Crippen molar-refractivity contribution in [1.82, 2.24) is 10.6 Å². The Morgan fingerprint density at radius 1 is 0.881 bits per heavy atom. The number of phenolic OH excluding ortho intramolecular Hbond substituents is 1. The molecule has 228 valence electrons. The van der Waals surface area contributed by atoms with Crippen LogP contribution < -0.4 is 10.6 Å². The van der Waals surface area contributed by atoms with Crippen LogP contribution in [-0.2, 0) is 22.4 Å². The van der Waals surface area contributed by atoms with Crippen LogP contribution >= 0.6 is 0 Å². The van der Waals surface area contributed by atoms with Gasteiger partial charge in [0.05, 0.1) is 18.2 Å². The first-order valence-electron chi connectivity index (χ1n) is 16.2. The molecule has 7 heteroatoms. The summed E-state index contributed by atoms with van der Waals surface area (Å²) in [6.45, 7) is 0. The fourth-order valence-electron chi connectivity index (χ4n) is 7.52. The monoisotopic (exact) mass is 576 g/mol. The number of aliphatic hydroxyl groups is 2. The molecule has 0 unspecified atom stereocenters. The SMILES string of the molecule is O=C(C[C@@H](CC1CCCCC1)[C@@H](O)C[C@H](Cc1ccc(O)cc1)C(=O)N[C@H]1c2ccccc2C[C@H]1O)NC1CCCC1. The number of amides is 2. The molecule has 3 aliphatic carbocycles. The highest BCUT2D eigenvalue weighted by atomic mass is 16.3. The Kier molecular flexibility index (Phi) is 10.6. The van der Waals surface area contributed by atoms with Crippen molar-refractivity contribution in [2.75, 3.05) is 0 Å². The molecule has 2 aromatic rings. The zero-order valence-corrected chi connectivity index (χ0v) is 24.7. The Balaban J connectivity index is 1.32. The molecule has 2 amide bonds. The van der Waals surface area contributed by atoms with Gasteiger partial charge in [0.1, 0.15) is 5.75 Å². The lowest BCUT2D eigenvalue weighted by atomic mass is 9.77. The maximum atomic E-state index is 13.9. The fourth-order valence-corrected chi connectivity index (χ4v) is 7.52. The van der Waals surface area contributed by atoms with Gasteiger partial charge in [-0.05, 0) is 72.8 Å². The highest BCUT2D eigenvalue weighted by Crippen LogP contribution is 2.35. The van der Waals surface area contributed by atoms with Gasteiger partial charge in [-0.2, -0.15) is 0 Å². The lowest BCUT2D eigenvalue weighted by Crippen LogP contribution is -2.41. The smallest absolute Gasteiger partial charge is 0.224 e. The summed E-state index contributed by atoms with van der Waals surface area (Å²) in [5.41, 5.74) is 2.85. The molecule has 7 nitrogen and oxygen atoms in total. The molecule has 0 radical (unpaired) electrons. The number of nitrogens with one attached hydrogen (secondary N) is 2. The lowest BCUT2D eigenvalue weighted by Gasteiger charge is -2.31. The summed E-state index contributed by atoms with van der Waals surface area (Å²) in [6, 6.07) is 14.3. The highest BCUT2D eigenvalue weighted by molar-refractivity contribution is 5.80. The van der Waals surface area contributed by atoms with Crippen LogP contribution in [0.3, 0.4) is 0 Å². The third kappa shape index (κ3) is 8.13. The van der Waals surface area contributed by atoms with E-state index < -0.39 is 24.2 Å². The van der Waals surface area contributed by atoms with Crippen LogP contribution in [0.4, 0.5) is 0 Å². The maximum absolute atomic E-state index is 13.9. The van der Waals surface area contributed by atoms with Crippen LogP contribution in [-0.4, -0.2) is 45.4 Å². The molecular formula is C35H48N2O5. The highest BCUT2D eigenvalue weighted by Gasteiger charge is 2.36. The molecule has 5 atom stereocenters. The van der Waals surface area contributed by atoms with Gasteiger partial charge in [-0.3, -0.25) is 9.59 Å². The Labute approximate surface area is 250 Å². The summed E-state index contributed by atoms with van der Waals surface area (Å²) < 4.78 is 0. The maximum Gasteiger partial charge on any atom is 0.224 e. The van der Waals surface area contributed by atoms with E-state index in [1.165, 1.54) is 19.3 Å². The number of hydrogen-bond donors (Lipinski definition) is 5. The van der Waals surface area contributed by atoms with Crippen molar-refractivity contribution < 1.29 is 24.9 Å². The number of aliphatic hydroxyl groups excluding tert-OH is 2. The first-order valence-corrected chi connectivity index (χ1v) is 16.2. The van der Waals surface area contributed by atoms with E-state index >= 15 is 0 Å². The minimum absolute atomic E-state index is 0.00646. The second-order valence-corrected chi connectivity index (χ2v) is 13.1. The van der Waals surface area contributed by atoms with Gasteiger partial charge in [-0.25, -0.2) is 0 Å². The standard InChI is InChI=1S/C35H48N2O5/c38-29-16-14-24(15-17-29)19-27(35(42)37-34-30-13-7-4-10-25(30)20-32(34)40)21-31(39)26(18-23-8-2-1-3-9-23)22-33(41)36-28-11-5-6-12-28/h4,7,10,13-17,23,26-28,31-32,34,38-40H,1-3,5-6,8-9,11-12,18-22H2,(H,36,41)(H,37,42)/t26-,27+,31+,32-,34+/m1/s1. The summed E-state index contributed by atoms with van der Waals surface area (Å²) in [5.74, 6) is -0.334. The van der Waals surface area contributed by atoms with Crippen LogP contribution in [0.25, 0.3) is 0 Å². The minimum Gasteiger partial charge on any atom is -0.508 e. The number of hydrogen-bond acceptors (Lipinski definition) is 5. The average Bonchev–Trinajstić information content (AvgIpc) is 3.61. The van der Waals surface area contributed by atoms with E-state index in [9.17, 15) is 24.9 Å². The van der Waals surface area contributed by atoms with Crippen LogP contribution in [0, 0.1) is 17.8 Å². The predicted octanol–water partition coefficient (Wildman–Crippen LogP) is 5.11. The third-order valence-corrected chi connectivity index (χ3v) is 9.89. The lowest BCUT2D eigenvalue weighted by molar-refractivity contribution is -0.128. The molecule has 0 bridgehead atoms. The van der Waals surface area contributed by atoms with Gasteiger partial charge in [0, 0.05) is 24.8 Å². The molecule has 2 saturated carbocycles. The number of phenols is 1. The van der Waals surface area contributed by atoms with Gasteiger partial charge in [-0.1, -0.05) is 81.3 Å². The van der Waals surface area contributed by atoms with Gasteiger partial charge in [0.15, 0.2) is 0 Å². The number of rotatable bonds is 12. The zero-order chi connectivity index (χ0) is 29.5. The summed E-state index contributed by atoms with van der Waals surface area (Å²) in [7, 11) is 0. The fraction of sp³-hybridized carbons (Fsp3) is 0.600. The molecule has 0 spiro atoms. The van der Waals surface area contributed by atoms with Gasteiger partial charge in [-0.15, -0.1) is 0 Å². The molecule has 42 heavy (non-hydrogen) atoms. The Hall–Kier alpha value is -2.90. The quantitative estimate of drug-likeness (QED) is 0.241. The van der Waals surface area contributed by atoms with E-state index in [1.807, 2.05) is 24.3 Å². The molecule has 0 saturated heterocycles. The van der Waals surface area contributed by atoms with Crippen molar-refractivity contribution in [3.8, 4) is 5.75 Å². The Bertz CT molecular complexity index is 1170. The molecule has 5 N–H and O–H groups in total. The molecule has 5 rings (SSSR count). The second kappa shape index (κ2) is 14.5. The zero-order valence-electron chi connectivity index (χ0n) is 24.7. The van der Waals surface area contributed by atoms with E-state index in [0.717, 1.165) is 61.6 Å². The van der Waals surface area contributed by atoms with Crippen LogP contribution in [0.15, 0.2) is 48.5 Å². The Morgan fingerprint density at radius 3 is 2.31 bits per heavy atom. The van der Waals surface area contributed by atoms with Crippen LogP contribution in [0.1, 0.15) is 99.8 Å². The number of fused-ring (bicyclic) bond motifs is 1. The van der Waals surface area contributed by atoms with E-state index in [1.54, 1.807) is 24.3 Å². The Morgan fingerprint density at radius 2 is 1.57 bits per heavy atom. The van der Waals surface area contributed by atoms with Gasteiger partial charge >= 0.3 is 0 Å². The molecule has 3 aliphatic rings. The second-order valence-electron chi connectivity index (χ2n) is 13.1. The molecular weight excluding hydrogens is 528 g/mol. The first kappa shape index (κ1) is 30.6. The van der Waals surface area contributed by atoms with E-state index in [4.69, 9.17) is 0 Å². The van der Waals surface area contributed by atoms with E-state index in [-0.39, 0.29) is 42.4 Å². The number of carbonyl (C=O) groups is 2. The molecule has 2 fully saturated rings. The number of carbonyl (C=O) groups excluding carboxylic acids is 2. The summed E-state index contributed by atoms with van der Waals surface area (Å²) in [4.78, 5) is 27.0. The van der Waals surface area contributed by atoms with Crippen molar-refractivity contribution in [3.63, 3.8) is 0 Å². The third-order valence-electron chi connectivity index (χ3n) is 9.89. The van der Waals surface area contributed by atoms with Gasteiger partial charge < -0.3 is 26.0 Å². The van der Waals surface area contributed by atoms with Crippen molar-refractivity contribution in [2.24, 2.45) is 17.8 Å². The topological polar surface area (TPSA) is 119 Å². The number of benzene rings is 2. The average molecular weight is 577 g/mol. The van der Waals surface area contributed by atoms with Gasteiger partial charge in [0.25, 0.3) is 0 Å². The molecule has 0 heterocycles.